The van der Waals surface area contributed by atoms with Gasteiger partial charge in [0, 0.05) is 13.1 Å². The normalized spacial score (nSPS) is 14.2. The number of hydrogen-bond acceptors (Lipinski definition) is 5. The molecule has 7 nitrogen and oxygen atoms in total. The minimum Gasteiger partial charge on any atom is -0.493 e. The topological polar surface area (TPSA) is 85.1 Å². The summed E-state index contributed by atoms with van der Waals surface area (Å²) in [5.41, 5.74) is 8.06. The number of halogens is 1. The molecule has 3 rings (SSSR count). The van der Waals surface area contributed by atoms with Crippen LogP contribution in [0.25, 0.3) is 0 Å². The third kappa shape index (κ3) is 4.54. The van der Waals surface area contributed by atoms with Gasteiger partial charge in [0.05, 0.1) is 20.8 Å². The van der Waals surface area contributed by atoms with Gasteiger partial charge in [-0.25, -0.2) is 4.39 Å². The fourth-order valence-electron chi connectivity index (χ4n) is 3.81. The molecule has 0 spiro atoms. The van der Waals surface area contributed by atoms with Crippen LogP contribution in [0.1, 0.15) is 22.7 Å². The molecular formula is C22H26FN3O4. The Kier molecular flexibility index (Phi) is 6.56. The predicted octanol–water partition coefficient (Wildman–Crippen LogP) is 1.89. The summed E-state index contributed by atoms with van der Waals surface area (Å²) in [4.78, 5) is 28.2. The molecule has 0 saturated heterocycles. The van der Waals surface area contributed by atoms with Crippen LogP contribution < -0.4 is 15.2 Å². The summed E-state index contributed by atoms with van der Waals surface area (Å²) in [5, 5.41) is 0. The van der Waals surface area contributed by atoms with E-state index in [4.69, 9.17) is 15.2 Å². The van der Waals surface area contributed by atoms with Crippen LogP contribution in [0.15, 0.2) is 36.4 Å². The van der Waals surface area contributed by atoms with Crippen molar-refractivity contribution in [3.05, 3.63) is 58.9 Å². The maximum Gasteiger partial charge on any atom is 0.239 e. The number of rotatable bonds is 7. The Labute approximate surface area is 175 Å². The number of likely N-dealkylation sites (N-methyl/N-ethyl adjacent to an activating group) is 1. The third-order valence-corrected chi connectivity index (χ3v) is 5.33. The van der Waals surface area contributed by atoms with Gasteiger partial charge in [-0.05, 0) is 54.4 Å². The molecule has 2 aromatic carbocycles. The molecule has 2 N–H and O–H groups in total. The standard InChI is InChI=1S/C22H26FN3O4/c1-25(21(22(24)28)15-5-4-6-17(23)9-15)13-20(27)26-8-7-14-10-18(29-2)19(30-3)11-16(14)12-26/h4-6,9-11,21H,7-8,12-13H2,1-3H3,(H2,24,28). The van der Waals surface area contributed by atoms with E-state index in [-0.39, 0.29) is 12.5 Å². The molecule has 0 aliphatic carbocycles. The van der Waals surface area contributed by atoms with Crippen molar-refractivity contribution in [1.29, 1.82) is 0 Å². The van der Waals surface area contributed by atoms with Gasteiger partial charge in [0.1, 0.15) is 11.9 Å². The summed E-state index contributed by atoms with van der Waals surface area (Å²) >= 11 is 0. The van der Waals surface area contributed by atoms with Crippen LogP contribution in [0.5, 0.6) is 11.5 Å². The van der Waals surface area contributed by atoms with Crippen molar-refractivity contribution < 1.29 is 23.5 Å². The lowest BCUT2D eigenvalue weighted by atomic mass is 9.98. The molecule has 160 valence electrons. The van der Waals surface area contributed by atoms with Gasteiger partial charge in [-0.2, -0.15) is 0 Å². The Morgan fingerprint density at radius 1 is 1.17 bits per heavy atom. The monoisotopic (exact) mass is 415 g/mol. The van der Waals surface area contributed by atoms with E-state index in [1.54, 1.807) is 37.1 Å². The molecule has 0 aromatic heterocycles. The number of nitrogens with zero attached hydrogens (tertiary/aromatic N) is 2. The van der Waals surface area contributed by atoms with Crippen molar-refractivity contribution in [2.75, 3.05) is 34.4 Å². The van der Waals surface area contributed by atoms with E-state index in [2.05, 4.69) is 0 Å². The van der Waals surface area contributed by atoms with Gasteiger partial charge >= 0.3 is 0 Å². The third-order valence-electron chi connectivity index (χ3n) is 5.33. The SMILES string of the molecule is COc1cc2c(cc1OC)CN(C(=O)CN(C)C(C(N)=O)c1cccc(F)c1)CC2. The minimum atomic E-state index is -0.897. The highest BCUT2D eigenvalue weighted by Gasteiger charge is 2.28. The number of methoxy groups -OCH3 is 2. The Hall–Kier alpha value is -3.13. The number of primary amides is 1. The molecule has 30 heavy (non-hydrogen) atoms. The summed E-state index contributed by atoms with van der Waals surface area (Å²) in [6.45, 7) is 0.965. The zero-order valence-electron chi connectivity index (χ0n) is 17.4. The lowest BCUT2D eigenvalue weighted by Crippen LogP contribution is -2.44. The molecule has 1 aliphatic rings. The molecule has 1 unspecified atom stereocenters. The highest BCUT2D eigenvalue weighted by molar-refractivity contribution is 5.83. The second-order valence-electron chi connectivity index (χ2n) is 7.32. The van der Waals surface area contributed by atoms with Crippen LogP contribution in [-0.2, 0) is 22.6 Å². The first-order valence-electron chi connectivity index (χ1n) is 9.60. The number of fused-ring (bicyclic) bond motifs is 1. The number of ether oxygens (including phenoxy) is 2. The largest absolute Gasteiger partial charge is 0.493 e. The Bertz CT molecular complexity index is 950. The average Bonchev–Trinajstić information content (AvgIpc) is 2.72. The van der Waals surface area contributed by atoms with Crippen LogP contribution in [-0.4, -0.2) is 56.0 Å². The summed E-state index contributed by atoms with van der Waals surface area (Å²) in [6, 6.07) is 8.61. The number of benzene rings is 2. The quantitative estimate of drug-likeness (QED) is 0.747. The average molecular weight is 415 g/mol. The van der Waals surface area contributed by atoms with Gasteiger partial charge in [0.15, 0.2) is 11.5 Å². The van der Waals surface area contributed by atoms with Crippen LogP contribution in [0, 0.1) is 5.82 Å². The summed E-state index contributed by atoms with van der Waals surface area (Å²) in [7, 11) is 4.79. The van der Waals surface area contributed by atoms with Gasteiger partial charge in [-0.3, -0.25) is 14.5 Å². The predicted molar refractivity (Wildman–Crippen MR) is 110 cm³/mol. The summed E-state index contributed by atoms with van der Waals surface area (Å²) in [5.74, 6) is 0.0329. The molecule has 0 bridgehead atoms. The first kappa shape index (κ1) is 21.6. The lowest BCUT2D eigenvalue weighted by Gasteiger charge is -2.32. The fraction of sp³-hybridized carbons (Fsp3) is 0.364. The molecular weight excluding hydrogens is 389 g/mol. The molecule has 1 heterocycles. The smallest absolute Gasteiger partial charge is 0.239 e. The zero-order valence-corrected chi connectivity index (χ0v) is 17.4. The fourth-order valence-corrected chi connectivity index (χ4v) is 3.81. The Morgan fingerprint density at radius 2 is 1.83 bits per heavy atom. The van der Waals surface area contributed by atoms with Crippen LogP contribution in [0.3, 0.4) is 0 Å². The lowest BCUT2D eigenvalue weighted by molar-refractivity contribution is -0.134. The molecule has 1 atom stereocenters. The van der Waals surface area contributed by atoms with Gasteiger partial charge < -0.3 is 20.1 Å². The van der Waals surface area contributed by atoms with Crippen molar-refractivity contribution in [2.24, 2.45) is 5.73 Å². The molecule has 0 fully saturated rings. The number of hydrogen-bond donors (Lipinski definition) is 1. The van der Waals surface area contributed by atoms with E-state index < -0.39 is 17.8 Å². The highest BCUT2D eigenvalue weighted by Crippen LogP contribution is 2.33. The molecule has 2 aromatic rings. The van der Waals surface area contributed by atoms with E-state index in [0.29, 0.717) is 36.6 Å². The Morgan fingerprint density at radius 3 is 2.43 bits per heavy atom. The van der Waals surface area contributed by atoms with Crippen molar-refractivity contribution >= 4 is 11.8 Å². The van der Waals surface area contributed by atoms with Crippen molar-refractivity contribution in [2.45, 2.75) is 19.0 Å². The van der Waals surface area contributed by atoms with E-state index >= 15 is 0 Å². The highest BCUT2D eigenvalue weighted by atomic mass is 19.1. The van der Waals surface area contributed by atoms with E-state index in [0.717, 1.165) is 11.1 Å². The molecule has 2 amide bonds. The first-order valence-corrected chi connectivity index (χ1v) is 9.60. The van der Waals surface area contributed by atoms with Gasteiger partial charge in [-0.1, -0.05) is 12.1 Å². The van der Waals surface area contributed by atoms with Crippen LogP contribution in [0.2, 0.25) is 0 Å². The molecule has 8 heteroatoms. The van der Waals surface area contributed by atoms with E-state index in [1.165, 1.54) is 18.2 Å². The summed E-state index contributed by atoms with van der Waals surface area (Å²) < 4.78 is 24.3. The summed E-state index contributed by atoms with van der Waals surface area (Å²) in [6.07, 6.45) is 0.689. The van der Waals surface area contributed by atoms with E-state index in [1.807, 2.05) is 12.1 Å². The van der Waals surface area contributed by atoms with Crippen molar-refractivity contribution in [3.63, 3.8) is 0 Å². The molecule has 0 radical (unpaired) electrons. The first-order chi connectivity index (χ1) is 14.3. The van der Waals surface area contributed by atoms with E-state index in [9.17, 15) is 14.0 Å². The second-order valence-corrected chi connectivity index (χ2v) is 7.32. The van der Waals surface area contributed by atoms with Crippen molar-refractivity contribution in [3.8, 4) is 11.5 Å². The second kappa shape index (κ2) is 9.13. The Balaban J connectivity index is 1.73. The van der Waals surface area contributed by atoms with Crippen molar-refractivity contribution in [1.82, 2.24) is 9.80 Å². The number of amides is 2. The maximum atomic E-state index is 13.6. The molecule has 0 saturated carbocycles. The zero-order chi connectivity index (χ0) is 21.8. The maximum absolute atomic E-state index is 13.6. The van der Waals surface area contributed by atoms with Gasteiger partial charge in [0.2, 0.25) is 11.8 Å². The number of nitrogens with two attached hydrogens (primary N) is 1. The van der Waals surface area contributed by atoms with Crippen LogP contribution >= 0.6 is 0 Å². The minimum absolute atomic E-state index is 0.0211. The van der Waals surface area contributed by atoms with Gasteiger partial charge in [0.25, 0.3) is 0 Å². The van der Waals surface area contributed by atoms with Gasteiger partial charge in [-0.15, -0.1) is 0 Å². The number of carbonyl (C=O) groups is 2. The van der Waals surface area contributed by atoms with Crippen LogP contribution in [0.4, 0.5) is 4.39 Å². The number of carbonyl (C=O) groups excluding carboxylic acids is 2. The molecule has 1 aliphatic heterocycles.